The summed E-state index contributed by atoms with van der Waals surface area (Å²) in [6.07, 6.45) is 3.49. The average molecular weight is 407 g/mol. The van der Waals surface area contributed by atoms with Gasteiger partial charge in [-0.3, -0.25) is 4.79 Å². The van der Waals surface area contributed by atoms with E-state index < -0.39 is 0 Å². The Morgan fingerprint density at radius 1 is 1.17 bits per heavy atom. The number of thiazole rings is 1. The molecule has 1 atom stereocenters. The molecular weight excluding hydrogens is 389 g/mol. The zero-order valence-electron chi connectivity index (χ0n) is 15.5. The summed E-state index contributed by atoms with van der Waals surface area (Å²) in [4.78, 5) is 19.7. The molecular formula is C21H18FN5OS. The Kier molecular flexibility index (Phi) is 4.55. The molecule has 3 heterocycles. The van der Waals surface area contributed by atoms with Crippen LogP contribution in [-0.2, 0) is 6.54 Å². The number of carbonyl (C=O) groups excluding carboxylic acids is 1. The Hall–Kier alpha value is -3.13. The number of para-hydroxylation sites is 1. The van der Waals surface area contributed by atoms with Crippen LogP contribution in [0.2, 0.25) is 0 Å². The van der Waals surface area contributed by atoms with Gasteiger partial charge in [0.1, 0.15) is 10.8 Å². The molecule has 1 aliphatic heterocycles. The molecule has 2 aromatic carbocycles. The summed E-state index contributed by atoms with van der Waals surface area (Å²) in [5, 5.41) is 9.12. The summed E-state index contributed by atoms with van der Waals surface area (Å²) >= 11 is 1.64. The first kappa shape index (κ1) is 17.9. The van der Waals surface area contributed by atoms with E-state index in [0.717, 1.165) is 33.6 Å². The number of nitrogens with zero attached hydrogens (tertiary/aromatic N) is 5. The van der Waals surface area contributed by atoms with Crippen LogP contribution in [-0.4, -0.2) is 37.3 Å². The number of fused-ring (bicyclic) bond motifs is 1. The van der Waals surface area contributed by atoms with Crippen molar-refractivity contribution in [2.45, 2.75) is 25.4 Å². The highest BCUT2D eigenvalue weighted by atomic mass is 32.1. The molecule has 0 bridgehead atoms. The maximum Gasteiger partial charge on any atom is 0.276 e. The molecule has 1 amide bonds. The molecule has 0 saturated carbocycles. The van der Waals surface area contributed by atoms with Gasteiger partial charge in [-0.1, -0.05) is 29.5 Å². The summed E-state index contributed by atoms with van der Waals surface area (Å²) in [6.45, 7) is 1.12. The lowest BCUT2D eigenvalue weighted by Crippen LogP contribution is -2.30. The van der Waals surface area contributed by atoms with Crippen LogP contribution in [0.1, 0.15) is 39.9 Å². The smallest absolute Gasteiger partial charge is 0.276 e. The summed E-state index contributed by atoms with van der Waals surface area (Å²) in [6, 6.07) is 14.2. The van der Waals surface area contributed by atoms with Crippen LogP contribution in [0.25, 0.3) is 10.2 Å². The van der Waals surface area contributed by atoms with Gasteiger partial charge >= 0.3 is 0 Å². The Balaban J connectivity index is 1.35. The largest absolute Gasteiger partial charge is 0.328 e. The van der Waals surface area contributed by atoms with E-state index in [2.05, 4.69) is 16.4 Å². The molecule has 146 valence electrons. The van der Waals surface area contributed by atoms with E-state index in [4.69, 9.17) is 4.98 Å². The van der Waals surface area contributed by atoms with Gasteiger partial charge < -0.3 is 4.90 Å². The van der Waals surface area contributed by atoms with Crippen LogP contribution in [0.15, 0.2) is 54.7 Å². The van der Waals surface area contributed by atoms with Crippen molar-refractivity contribution >= 4 is 27.5 Å². The van der Waals surface area contributed by atoms with Crippen molar-refractivity contribution in [3.63, 3.8) is 0 Å². The second-order valence-corrected chi connectivity index (χ2v) is 8.17. The van der Waals surface area contributed by atoms with E-state index in [1.165, 1.54) is 12.1 Å². The second-order valence-electron chi connectivity index (χ2n) is 7.10. The molecule has 0 unspecified atom stereocenters. The third-order valence-electron chi connectivity index (χ3n) is 5.12. The Morgan fingerprint density at radius 3 is 2.83 bits per heavy atom. The zero-order chi connectivity index (χ0) is 19.8. The van der Waals surface area contributed by atoms with E-state index in [1.54, 1.807) is 34.3 Å². The SMILES string of the molecule is O=C(c1cn(Cc2ccc(F)cc2)nn1)N1CCC[C@H]1c1nc2ccccc2s1. The quantitative estimate of drug-likeness (QED) is 0.512. The third-order valence-corrected chi connectivity index (χ3v) is 6.26. The molecule has 8 heteroatoms. The normalized spacial score (nSPS) is 16.6. The molecule has 2 aromatic heterocycles. The van der Waals surface area contributed by atoms with Gasteiger partial charge in [-0.25, -0.2) is 14.1 Å². The van der Waals surface area contributed by atoms with Gasteiger partial charge in [0.2, 0.25) is 0 Å². The highest BCUT2D eigenvalue weighted by Crippen LogP contribution is 2.37. The van der Waals surface area contributed by atoms with E-state index in [9.17, 15) is 9.18 Å². The van der Waals surface area contributed by atoms with Crippen molar-refractivity contribution in [2.75, 3.05) is 6.54 Å². The molecule has 1 saturated heterocycles. The lowest BCUT2D eigenvalue weighted by Gasteiger charge is -2.21. The molecule has 0 aliphatic carbocycles. The number of aromatic nitrogens is 4. The summed E-state index contributed by atoms with van der Waals surface area (Å²) in [5.74, 6) is -0.407. The second kappa shape index (κ2) is 7.36. The fraction of sp³-hybridized carbons (Fsp3) is 0.238. The molecule has 6 nitrogen and oxygen atoms in total. The first-order valence-corrected chi connectivity index (χ1v) is 10.3. The fourth-order valence-electron chi connectivity index (χ4n) is 3.70. The van der Waals surface area contributed by atoms with Gasteiger partial charge in [0.25, 0.3) is 5.91 Å². The predicted octanol–water partition coefficient (Wildman–Crippen LogP) is 4.05. The topological polar surface area (TPSA) is 63.9 Å². The maximum absolute atomic E-state index is 13.1. The monoisotopic (exact) mass is 407 g/mol. The number of hydrogen-bond acceptors (Lipinski definition) is 5. The van der Waals surface area contributed by atoms with Crippen molar-refractivity contribution < 1.29 is 9.18 Å². The number of rotatable bonds is 4. The third kappa shape index (κ3) is 3.51. The minimum atomic E-state index is -0.280. The van der Waals surface area contributed by atoms with Crippen molar-refractivity contribution in [1.82, 2.24) is 24.9 Å². The number of likely N-dealkylation sites (tertiary alicyclic amines) is 1. The summed E-state index contributed by atoms with van der Waals surface area (Å²) in [5.41, 5.74) is 2.18. The first-order valence-electron chi connectivity index (χ1n) is 9.48. The standard InChI is InChI=1S/C21H18FN5OS/c22-15-9-7-14(8-10-15)12-26-13-17(24-25-26)21(28)27-11-3-5-18(27)20-23-16-4-1-2-6-19(16)29-20/h1-2,4,6-10,13,18H,3,5,11-12H2/t18-/m0/s1. The highest BCUT2D eigenvalue weighted by Gasteiger charge is 2.34. The van der Waals surface area contributed by atoms with Crippen molar-refractivity contribution in [1.29, 1.82) is 0 Å². The summed E-state index contributed by atoms with van der Waals surface area (Å²) in [7, 11) is 0. The molecule has 4 aromatic rings. The van der Waals surface area contributed by atoms with Crippen molar-refractivity contribution in [2.24, 2.45) is 0 Å². The first-order chi connectivity index (χ1) is 14.2. The molecule has 1 aliphatic rings. The van der Waals surface area contributed by atoms with E-state index in [-0.39, 0.29) is 17.8 Å². The van der Waals surface area contributed by atoms with Gasteiger partial charge in [-0.15, -0.1) is 16.4 Å². The predicted molar refractivity (Wildman–Crippen MR) is 108 cm³/mol. The van der Waals surface area contributed by atoms with Crippen LogP contribution in [0.3, 0.4) is 0 Å². The molecule has 0 radical (unpaired) electrons. The van der Waals surface area contributed by atoms with Crippen LogP contribution >= 0.6 is 11.3 Å². The Bertz CT molecular complexity index is 1140. The van der Waals surface area contributed by atoms with Crippen molar-refractivity contribution in [3.05, 3.63) is 76.8 Å². The van der Waals surface area contributed by atoms with Gasteiger partial charge in [0, 0.05) is 6.54 Å². The number of benzene rings is 2. The zero-order valence-corrected chi connectivity index (χ0v) is 16.3. The number of carbonyl (C=O) groups is 1. The molecule has 0 N–H and O–H groups in total. The average Bonchev–Trinajstić information content (AvgIpc) is 3.48. The molecule has 0 spiro atoms. The number of halogens is 1. The molecule has 29 heavy (non-hydrogen) atoms. The number of hydrogen-bond donors (Lipinski definition) is 0. The van der Waals surface area contributed by atoms with E-state index >= 15 is 0 Å². The van der Waals surface area contributed by atoms with Crippen LogP contribution in [0.4, 0.5) is 4.39 Å². The Morgan fingerprint density at radius 2 is 2.00 bits per heavy atom. The van der Waals surface area contributed by atoms with Gasteiger partial charge in [0.15, 0.2) is 5.69 Å². The minimum Gasteiger partial charge on any atom is -0.328 e. The van der Waals surface area contributed by atoms with E-state index in [1.807, 2.05) is 23.1 Å². The minimum absolute atomic E-state index is 0.0258. The summed E-state index contributed by atoms with van der Waals surface area (Å²) < 4.78 is 15.8. The fourth-order valence-corrected chi connectivity index (χ4v) is 4.81. The molecule has 1 fully saturated rings. The van der Waals surface area contributed by atoms with Gasteiger partial charge in [-0.05, 0) is 42.7 Å². The van der Waals surface area contributed by atoms with Crippen LogP contribution in [0, 0.1) is 5.82 Å². The maximum atomic E-state index is 13.1. The van der Waals surface area contributed by atoms with Crippen molar-refractivity contribution in [3.8, 4) is 0 Å². The van der Waals surface area contributed by atoms with Gasteiger partial charge in [0.05, 0.1) is 29.0 Å². The highest BCUT2D eigenvalue weighted by molar-refractivity contribution is 7.18. The van der Waals surface area contributed by atoms with Crippen LogP contribution in [0.5, 0.6) is 0 Å². The Labute approximate surface area is 170 Å². The number of amides is 1. The van der Waals surface area contributed by atoms with Gasteiger partial charge in [-0.2, -0.15) is 0 Å². The molecule has 5 rings (SSSR count). The van der Waals surface area contributed by atoms with E-state index in [0.29, 0.717) is 18.8 Å². The van der Waals surface area contributed by atoms with Crippen LogP contribution < -0.4 is 0 Å². The lowest BCUT2D eigenvalue weighted by molar-refractivity contribution is 0.0729. The lowest BCUT2D eigenvalue weighted by atomic mass is 10.2.